The molecule has 6 nitrogen and oxygen atoms in total. The Morgan fingerprint density at radius 1 is 1.22 bits per heavy atom. The van der Waals surface area contributed by atoms with Crippen molar-refractivity contribution in [3.05, 3.63) is 30.3 Å². The minimum Gasteiger partial charge on any atom is -0.380 e. The van der Waals surface area contributed by atoms with Crippen molar-refractivity contribution in [1.29, 1.82) is 0 Å². The van der Waals surface area contributed by atoms with Crippen LogP contribution >= 0.6 is 0 Å². The summed E-state index contributed by atoms with van der Waals surface area (Å²) in [6.45, 7) is 10.7. The number of guanidine groups is 1. The second-order valence-corrected chi connectivity index (χ2v) is 7.88. The van der Waals surface area contributed by atoms with E-state index in [2.05, 4.69) is 46.9 Å². The SMILES string of the molecule is CN=C(NCC(Nc1ccccc1)C(C)C)NC1CCN(C(=O)C(C)C)C1. The summed E-state index contributed by atoms with van der Waals surface area (Å²) >= 11 is 0. The number of hydrogen-bond donors (Lipinski definition) is 3. The second-order valence-electron chi connectivity index (χ2n) is 7.88. The average Bonchev–Trinajstić information content (AvgIpc) is 3.12. The molecule has 2 atom stereocenters. The maximum atomic E-state index is 12.2. The fraction of sp³-hybridized carbons (Fsp3) is 0.619. The summed E-state index contributed by atoms with van der Waals surface area (Å²) in [5.74, 6) is 1.55. The largest absolute Gasteiger partial charge is 0.380 e. The molecule has 1 aliphatic rings. The predicted octanol–water partition coefficient (Wildman–Crippen LogP) is 2.54. The van der Waals surface area contributed by atoms with Gasteiger partial charge in [0.1, 0.15) is 0 Å². The zero-order chi connectivity index (χ0) is 19.8. The van der Waals surface area contributed by atoms with Crippen LogP contribution in [0.15, 0.2) is 35.3 Å². The zero-order valence-corrected chi connectivity index (χ0v) is 17.3. The fourth-order valence-corrected chi connectivity index (χ4v) is 3.24. The number of rotatable bonds is 7. The predicted molar refractivity (Wildman–Crippen MR) is 113 cm³/mol. The van der Waals surface area contributed by atoms with Crippen LogP contribution in [-0.4, -0.2) is 55.5 Å². The Hall–Kier alpha value is -2.24. The molecule has 1 amide bonds. The Morgan fingerprint density at radius 2 is 1.93 bits per heavy atom. The molecular weight excluding hydrogens is 338 g/mol. The van der Waals surface area contributed by atoms with E-state index in [0.717, 1.165) is 37.7 Å². The van der Waals surface area contributed by atoms with Crippen molar-refractivity contribution < 1.29 is 4.79 Å². The summed E-state index contributed by atoms with van der Waals surface area (Å²) in [6.07, 6.45) is 0.953. The third kappa shape index (κ3) is 6.45. The van der Waals surface area contributed by atoms with E-state index in [0.29, 0.717) is 5.92 Å². The van der Waals surface area contributed by atoms with Gasteiger partial charge in [0.2, 0.25) is 5.91 Å². The first-order valence-corrected chi connectivity index (χ1v) is 9.98. The topological polar surface area (TPSA) is 68.8 Å². The van der Waals surface area contributed by atoms with E-state index >= 15 is 0 Å². The Kier molecular flexibility index (Phi) is 7.95. The Balaban J connectivity index is 1.84. The van der Waals surface area contributed by atoms with Crippen molar-refractivity contribution in [2.75, 3.05) is 32.0 Å². The van der Waals surface area contributed by atoms with Crippen LogP contribution in [0, 0.1) is 11.8 Å². The lowest BCUT2D eigenvalue weighted by Crippen LogP contribution is -2.48. The summed E-state index contributed by atoms with van der Waals surface area (Å²) in [7, 11) is 1.79. The molecule has 2 rings (SSSR count). The molecule has 2 unspecified atom stereocenters. The number of benzene rings is 1. The normalized spacial score (nSPS) is 18.7. The minimum absolute atomic E-state index is 0.0528. The maximum absolute atomic E-state index is 12.2. The molecule has 1 aliphatic heterocycles. The van der Waals surface area contributed by atoms with Gasteiger partial charge < -0.3 is 20.9 Å². The number of aliphatic imine (C=N–C) groups is 1. The summed E-state index contributed by atoms with van der Waals surface area (Å²) < 4.78 is 0. The van der Waals surface area contributed by atoms with E-state index in [1.54, 1.807) is 7.05 Å². The van der Waals surface area contributed by atoms with Crippen molar-refractivity contribution in [2.24, 2.45) is 16.8 Å². The van der Waals surface area contributed by atoms with Crippen LogP contribution in [0.1, 0.15) is 34.1 Å². The van der Waals surface area contributed by atoms with Gasteiger partial charge in [-0.05, 0) is 24.5 Å². The van der Waals surface area contributed by atoms with Gasteiger partial charge in [-0.1, -0.05) is 45.9 Å². The van der Waals surface area contributed by atoms with Crippen LogP contribution in [0.4, 0.5) is 5.69 Å². The molecule has 6 heteroatoms. The number of carbonyl (C=O) groups excluding carboxylic acids is 1. The monoisotopic (exact) mass is 373 g/mol. The molecule has 3 N–H and O–H groups in total. The lowest BCUT2D eigenvalue weighted by Gasteiger charge is -2.26. The van der Waals surface area contributed by atoms with E-state index in [4.69, 9.17) is 0 Å². The highest BCUT2D eigenvalue weighted by atomic mass is 16.2. The third-order valence-electron chi connectivity index (χ3n) is 4.98. The molecule has 0 spiro atoms. The molecular formula is C21H35N5O. The fourth-order valence-electron chi connectivity index (χ4n) is 3.24. The molecule has 1 aromatic rings. The van der Waals surface area contributed by atoms with Crippen molar-refractivity contribution in [2.45, 2.75) is 46.2 Å². The number of likely N-dealkylation sites (tertiary alicyclic amines) is 1. The first-order chi connectivity index (χ1) is 12.9. The van der Waals surface area contributed by atoms with Gasteiger partial charge in [0, 0.05) is 50.4 Å². The first kappa shape index (κ1) is 21.1. The molecule has 0 radical (unpaired) electrons. The smallest absolute Gasteiger partial charge is 0.225 e. The van der Waals surface area contributed by atoms with E-state index in [9.17, 15) is 4.79 Å². The highest BCUT2D eigenvalue weighted by molar-refractivity contribution is 5.81. The average molecular weight is 374 g/mol. The molecule has 1 aromatic carbocycles. The van der Waals surface area contributed by atoms with Gasteiger partial charge in [0.05, 0.1) is 0 Å². The quantitative estimate of drug-likeness (QED) is 0.507. The van der Waals surface area contributed by atoms with Crippen LogP contribution in [-0.2, 0) is 4.79 Å². The summed E-state index contributed by atoms with van der Waals surface area (Å²) in [5, 5.41) is 10.5. The Morgan fingerprint density at radius 3 is 2.52 bits per heavy atom. The van der Waals surface area contributed by atoms with Gasteiger partial charge in [0.25, 0.3) is 0 Å². The number of anilines is 1. The van der Waals surface area contributed by atoms with Gasteiger partial charge in [0.15, 0.2) is 5.96 Å². The maximum Gasteiger partial charge on any atom is 0.225 e. The summed E-state index contributed by atoms with van der Waals surface area (Å²) in [4.78, 5) is 18.5. The molecule has 150 valence electrons. The van der Waals surface area contributed by atoms with Gasteiger partial charge in [-0.25, -0.2) is 0 Å². The molecule has 0 saturated carbocycles. The van der Waals surface area contributed by atoms with Crippen LogP contribution in [0.25, 0.3) is 0 Å². The van der Waals surface area contributed by atoms with E-state index in [1.807, 2.05) is 36.9 Å². The number of amides is 1. The third-order valence-corrected chi connectivity index (χ3v) is 4.98. The number of nitrogens with one attached hydrogen (secondary N) is 3. The molecule has 27 heavy (non-hydrogen) atoms. The van der Waals surface area contributed by atoms with Crippen molar-refractivity contribution >= 4 is 17.6 Å². The number of nitrogens with zero attached hydrogens (tertiary/aromatic N) is 2. The van der Waals surface area contributed by atoms with Crippen LogP contribution < -0.4 is 16.0 Å². The van der Waals surface area contributed by atoms with Crippen molar-refractivity contribution in [1.82, 2.24) is 15.5 Å². The number of para-hydroxylation sites is 1. The molecule has 0 aliphatic carbocycles. The summed E-state index contributed by atoms with van der Waals surface area (Å²) in [6, 6.07) is 10.8. The number of hydrogen-bond acceptors (Lipinski definition) is 3. The van der Waals surface area contributed by atoms with E-state index in [-0.39, 0.29) is 23.9 Å². The number of carbonyl (C=O) groups is 1. The van der Waals surface area contributed by atoms with Crippen molar-refractivity contribution in [3.63, 3.8) is 0 Å². The van der Waals surface area contributed by atoms with Gasteiger partial charge in [-0.2, -0.15) is 0 Å². The lowest BCUT2D eigenvalue weighted by molar-refractivity contribution is -0.133. The molecule has 1 heterocycles. The van der Waals surface area contributed by atoms with E-state index < -0.39 is 0 Å². The highest BCUT2D eigenvalue weighted by Gasteiger charge is 2.28. The molecule has 1 saturated heterocycles. The van der Waals surface area contributed by atoms with Gasteiger partial charge >= 0.3 is 0 Å². The van der Waals surface area contributed by atoms with Gasteiger partial charge in [-0.3, -0.25) is 9.79 Å². The standard InChI is InChI=1S/C21H35N5O/c1-15(2)19(24-17-9-7-6-8-10-17)13-23-21(22-5)25-18-11-12-26(14-18)20(27)16(3)4/h6-10,15-16,18-19,24H,11-14H2,1-5H3,(H2,22,23,25). The van der Waals surface area contributed by atoms with Gasteiger partial charge in [-0.15, -0.1) is 0 Å². The van der Waals surface area contributed by atoms with Crippen LogP contribution in [0.2, 0.25) is 0 Å². The second kappa shape index (κ2) is 10.2. The molecule has 1 fully saturated rings. The van der Waals surface area contributed by atoms with Crippen LogP contribution in [0.5, 0.6) is 0 Å². The Labute approximate surface area is 163 Å². The Bertz CT molecular complexity index is 614. The molecule has 0 bridgehead atoms. The minimum atomic E-state index is 0.0528. The lowest BCUT2D eigenvalue weighted by atomic mass is 10.0. The summed E-state index contributed by atoms with van der Waals surface area (Å²) in [5.41, 5.74) is 1.12. The van der Waals surface area contributed by atoms with E-state index in [1.165, 1.54) is 0 Å². The molecule has 0 aromatic heterocycles. The highest BCUT2D eigenvalue weighted by Crippen LogP contribution is 2.13. The van der Waals surface area contributed by atoms with Crippen LogP contribution in [0.3, 0.4) is 0 Å². The zero-order valence-electron chi connectivity index (χ0n) is 17.3. The first-order valence-electron chi connectivity index (χ1n) is 9.98. The van der Waals surface area contributed by atoms with Crippen molar-refractivity contribution in [3.8, 4) is 0 Å².